The molecule has 0 bridgehead atoms. The molecule has 0 atom stereocenters. The van der Waals surface area contributed by atoms with Gasteiger partial charge >= 0.3 is 0 Å². The lowest BCUT2D eigenvalue weighted by atomic mass is 10.2. The second kappa shape index (κ2) is 8.99. The van der Waals surface area contributed by atoms with Gasteiger partial charge in [0.1, 0.15) is 0 Å². The number of benzene rings is 2. The molecule has 0 unspecified atom stereocenters. The summed E-state index contributed by atoms with van der Waals surface area (Å²) in [5.74, 6) is -0.647. The molecule has 2 amide bonds. The highest BCUT2D eigenvalue weighted by molar-refractivity contribution is 9.10. The quantitative estimate of drug-likeness (QED) is 0.511. The van der Waals surface area contributed by atoms with Crippen LogP contribution in [-0.4, -0.2) is 17.5 Å². The van der Waals surface area contributed by atoms with Crippen molar-refractivity contribution in [1.29, 1.82) is 0 Å². The predicted molar refractivity (Wildman–Crippen MR) is 104 cm³/mol. The van der Waals surface area contributed by atoms with Gasteiger partial charge in [0.25, 0.3) is 5.91 Å². The Morgan fingerprint density at radius 2 is 1.84 bits per heavy atom. The van der Waals surface area contributed by atoms with Crippen LogP contribution in [0.3, 0.4) is 0 Å². The minimum absolute atomic E-state index is 0.0243. The fraction of sp³-hybridized carbons (Fsp3) is 0.118. The summed E-state index contributed by atoms with van der Waals surface area (Å²) < 4.78 is 0.665. The van der Waals surface area contributed by atoms with Gasteiger partial charge in [-0.25, -0.2) is 5.43 Å². The van der Waals surface area contributed by atoms with Crippen LogP contribution in [0.15, 0.2) is 52.0 Å². The average Bonchev–Trinajstić information content (AvgIpc) is 2.56. The van der Waals surface area contributed by atoms with Gasteiger partial charge in [-0.1, -0.05) is 35.3 Å². The molecule has 0 aliphatic heterocycles. The number of hydrogen-bond donors (Lipinski definition) is 2. The first-order valence-electron chi connectivity index (χ1n) is 7.19. The fourth-order valence-corrected chi connectivity index (χ4v) is 2.67. The Kier molecular flexibility index (Phi) is 6.99. The molecule has 0 saturated heterocycles. The summed E-state index contributed by atoms with van der Waals surface area (Å²) >= 11 is 15.0. The molecule has 25 heavy (non-hydrogen) atoms. The molecule has 2 N–H and O–H groups in total. The van der Waals surface area contributed by atoms with Crippen LogP contribution in [0.25, 0.3) is 0 Å². The Balaban J connectivity index is 1.92. The van der Waals surface area contributed by atoms with Crippen molar-refractivity contribution in [2.24, 2.45) is 5.10 Å². The van der Waals surface area contributed by atoms with Crippen LogP contribution in [0.2, 0.25) is 10.0 Å². The first kappa shape index (κ1) is 19.4. The third kappa shape index (κ3) is 5.85. The molecule has 8 heteroatoms. The topological polar surface area (TPSA) is 70.6 Å². The molecular formula is C17H14BrCl2N3O2. The van der Waals surface area contributed by atoms with Crippen molar-refractivity contribution in [3.05, 3.63) is 62.5 Å². The lowest BCUT2D eigenvalue weighted by Crippen LogP contribution is -2.21. The molecule has 0 spiro atoms. The number of amides is 2. The standard InChI is InChI=1S/C17H14BrCl2N3O2/c1-10(22-23-17(25)12-4-2-3-5-13(12)18)8-16(24)21-11-6-7-14(19)15(20)9-11/h2-7,9H,8H2,1H3,(H,21,24)(H,23,25)/b22-10+. The Labute approximate surface area is 163 Å². The number of nitrogens with one attached hydrogen (secondary N) is 2. The van der Waals surface area contributed by atoms with Gasteiger partial charge in [0, 0.05) is 15.9 Å². The molecule has 0 fully saturated rings. The van der Waals surface area contributed by atoms with Crippen molar-refractivity contribution in [1.82, 2.24) is 5.43 Å². The van der Waals surface area contributed by atoms with Crippen molar-refractivity contribution in [3.8, 4) is 0 Å². The van der Waals surface area contributed by atoms with Crippen molar-refractivity contribution in [2.75, 3.05) is 5.32 Å². The number of carbonyl (C=O) groups is 2. The molecule has 0 radical (unpaired) electrons. The molecule has 0 heterocycles. The zero-order valence-corrected chi connectivity index (χ0v) is 16.2. The number of hydrazone groups is 1. The second-order valence-electron chi connectivity index (χ2n) is 5.12. The molecule has 130 valence electrons. The van der Waals surface area contributed by atoms with E-state index in [9.17, 15) is 9.59 Å². The summed E-state index contributed by atoms with van der Waals surface area (Å²) in [6, 6.07) is 11.8. The van der Waals surface area contributed by atoms with Crippen molar-refractivity contribution < 1.29 is 9.59 Å². The molecule has 0 aliphatic carbocycles. The predicted octanol–water partition coefficient (Wildman–Crippen LogP) is 4.89. The van der Waals surface area contributed by atoms with E-state index in [2.05, 4.69) is 31.8 Å². The molecule has 0 aliphatic rings. The van der Waals surface area contributed by atoms with E-state index in [0.717, 1.165) is 0 Å². The van der Waals surface area contributed by atoms with E-state index in [4.69, 9.17) is 23.2 Å². The molecule has 2 aromatic carbocycles. The van der Waals surface area contributed by atoms with Crippen LogP contribution < -0.4 is 10.7 Å². The number of carbonyl (C=O) groups excluding carboxylic acids is 2. The van der Waals surface area contributed by atoms with E-state index in [1.54, 1.807) is 43.3 Å². The Morgan fingerprint density at radius 1 is 1.12 bits per heavy atom. The van der Waals surface area contributed by atoms with Crippen molar-refractivity contribution in [2.45, 2.75) is 13.3 Å². The van der Waals surface area contributed by atoms with E-state index < -0.39 is 0 Å². The summed E-state index contributed by atoms with van der Waals surface area (Å²) in [4.78, 5) is 24.0. The molecular weight excluding hydrogens is 429 g/mol. The highest BCUT2D eigenvalue weighted by atomic mass is 79.9. The highest BCUT2D eigenvalue weighted by Crippen LogP contribution is 2.25. The summed E-state index contributed by atoms with van der Waals surface area (Å²) in [7, 11) is 0. The summed E-state index contributed by atoms with van der Waals surface area (Å²) in [5, 5.41) is 7.39. The van der Waals surface area contributed by atoms with Gasteiger partial charge in [-0.3, -0.25) is 9.59 Å². The minimum atomic E-state index is -0.364. The highest BCUT2D eigenvalue weighted by Gasteiger charge is 2.10. The average molecular weight is 443 g/mol. The van der Waals surface area contributed by atoms with Crippen molar-refractivity contribution >= 4 is 62.3 Å². The Hall–Kier alpha value is -1.89. The zero-order valence-electron chi connectivity index (χ0n) is 13.1. The van der Waals surface area contributed by atoms with Crippen LogP contribution in [0.5, 0.6) is 0 Å². The van der Waals surface area contributed by atoms with Crippen LogP contribution in [-0.2, 0) is 4.79 Å². The van der Waals surface area contributed by atoms with Crippen LogP contribution >= 0.6 is 39.1 Å². The number of rotatable bonds is 5. The molecule has 0 aromatic heterocycles. The monoisotopic (exact) mass is 441 g/mol. The first-order chi connectivity index (χ1) is 11.9. The van der Waals surface area contributed by atoms with Gasteiger partial charge in [0.15, 0.2) is 0 Å². The summed E-state index contributed by atoms with van der Waals surface area (Å²) in [5.41, 5.74) is 3.87. The van der Waals surface area contributed by atoms with Crippen LogP contribution in [0, 0.1) is 0 Å². The maximum Gasteiger partial charge on any atom is 0.272 e. The smallest absolute Gasteiger partial charge is 0.272 e. The van der Waals surface area contributed by atoms with E-state index >= 15 is 0 Å². The molecule has 0 saturated carbocycles. The lowest BCUT2D eigenvalue weighted by molar-refractivity contribution is -0.115. The van der Waals surface area contributed by atoms with Gasteiger partial charge in [-0.15, -0.1) is 0 Å². The van der Waals surface area contributed by atoms with Gasteiger partial charge in [0.2, 0.25) is 5.91 Å². The number of anilines is 1. The van der Waals surface area contributed by atoms with Gasteiger partial charge < -0.3 is 5.32 Å². The fourth-order valence-electron chi connectivity index (χ4n) is 1.90. The third-order valence-corrected chi connectivity index (χ3v) is 4.52. The maximum atomic E-state index is 12.0. The molecule has 2 rings (SSSR count). The number of halogens is 3. The lowest BCUT2D eigenvalue weighted by Gasteiger charge is -2.07. The van der Waals surface area contributed by atoms with E-state index in [0.29, 0.717) is 31.5 Å². The van der Waals surface area contributed by atoms with Gasteiger partial charge in [-0.2, -0.15) is 5.10 Å². The summed E-state index contributed by atoms with van der Waals surface area (Å²) in [6.45, 7) is 1.65. The molecule has 2 aromatic rings. The van der Waals surface area contributed by atoms with Crippen LogP contribution in [0.1, 0.15) is 23.7 Å². The number of nitrogens with zero attached hydrogens (tertiary/aromatic N) is 1. The van der Waals surface area contributed by atoms with Gasteiger partial charge in [0.05, 0.1) is 22.0 Å². The van der Waals surface area contributed by atoms with E-state index in [-0.39, 0.29) is 18.2 Å². The first-order valence-corrected chi connectivity index (χ1v) is 8.74. The van der Waals surface area contributed by atoms with Crippen LogP contribution in [0.4, 0.5) is 5.69 Å². The Bertz CT molecular complexity index is 840. The normalized spacial score (nSPS) is 11.1. The second-order valence-corrected chi connectivity index (χ2v) is 6.79. The number of hydrogen-bond acceptors (Lipinski definition) is 3. The SMILES string of the molecule is C/C(CC(=O)Nc1ccc(Cl)c(Cl)c1)=N\NC(=O)c1ccccc1Br. The Morgan fingerprint density at radius 3 is 2.52 bits per heavy atom. The molecule has 5 nitrogen and oxygen atoms in total. The minimum Gasteiger partial charge on any atom is -0.326 e. The summed E-state index contributed by atoms with van der Waals surface area (Å²) in [6.07, 6.45) is 0.0243. The zero-order chi connectivity index (χ0) is 18.4. The van der Waals surface area contributed by atoms with Crippen molar-refractivity contribution in [3.63, 3.8) is 0 Å². The maximum absolute atomic E-state index is 12.0. The van der Waals surface area contributed by atoms with E-state index in [1.165, 1.54) is 0 Å². The van der Waals surface area contributed by atoms with Gasteiger partial charge in [-0.05, 0) is 53.2 Å². The van der Waals surface area contributed by atoms with E-state index in [1.807, 2.05) is 6.07 Å². The largest absolute Gasteiger partial charge is 0.326 e. The third-order valence-electron chi connectivity index (χ3n) is 3.09.